The van der Waals surface area contributed by atoms with E-state index in [1.807, 2.05) is 0 Å². The molecule has 2 aliphatic carbocycles. The summed E-state index contributed by atoms with van der Waals surface area (Å²) < 4.78 is 0. The molecule has 2 aliphatic rings. The molecule has 0 unspecified atom stereocenters. The summed E-state index contributed by atoms with van der Waals surface area (Å²) in [6, 6.07) is 2.59. The molecule has 0 saturated heterocycles. The maximum absolute atomic E-state index is 9.17. The first-order chi connectivity index (χ1) is 5.85. The van der Waals surface area contributed by atoms with E-state index >= 15 is 0 Å². The van der Waals surface area contributed by atoms with Gasteiger partial charge < -0.3 is 0 Å². The lowest BCUT2D eigenvalue weighted by Crippen LogP contribution is -2.22. The lowest BCUT2D eigenvalue weighted by Gasteiger charge is -2.30. The Kier molecular flexibility index (Phi) is 2.09. The highest BCUT2D eigenvalue weighted by Gasteiger charge is 2.37. The average molecular weight is 163 g/mol. The summed E-state index contributed by atoms with van der Waals surface area (Å²) in [6.07, 6.45) is 10.3. The maximum Gasteiger partial charge on any atom is 0.0689 e. The van der Waals surface area contributed by atoms with Crippen LogP contribution in [-0.2, 0) is 0 Å². The van der Waals surface area contributed by atoms with Gasteiger partial charge in [0.25, 0.3) is 0 Å². The second-order valence-corrected chi connectivity index (χ2v) is 4.60. The summed E-state index contributed by atoms with van der Waals surface area (Å²) in [6.45, 7) is 0. The molecule has 0 radical (unpaired) electrons. The van der Waals surface area contributed by atoms with Crippen LogP contribution >= 0.6 is 0 Å². The quantitative estimate of drug-likeness (QED) is 0.613. The van der Waals surface area contributed by atoms with Crippen LogP contribution in [-0.4, -0.2) is 0 Å². The zero-order valence-electron chi connectivity index (χ0n) is 7.68. The molecule has 0 aliphatic heterocycles. The summed E-state index contributed by atoms with van der Waals surface area (Å²) in [7, 11) is 0. The molecule has 2 rings (SSSR count). The summed E-state index contributed by atoms with van der Waals surface area (Å²) >= 11 is 0. The van der Waals surface area contributed by atoms with Crippen molar-refractivity contribution >= 4 is 0 Å². The van der Waals surface area contributed by atoms with Gasteiger partial charge in [0.15, 0.2) is 0 Å². The van der Waals surface area contributed by atoms with Gasteiger partial charge in [0.2, 0.25) is 0 Å². The van der Waals surface area contributed by atoms with Crippen molar-refractivity contribution in [3.63, 3.8) is 0 Å². The van der Waals surface area contributed by atoms with E-state index in [2.05, 4.69) is 6.07 Å². The molecule has 1 nitrogen and oxygen atoms in total. The number of nitriles is 1. The normalized spacial score (nSPS) is 27.9. The minimum Gasteiger partial charge on any atom is -0.198 e. The Hall–Kier alpha value is -0.510. The van der Waals surface area contributed by atoms with Crippen molar-refractivity contribution < 1.29 is 0 Å². The van der Waals surface area contributed by atoms with Crippen LogP contribution in [0.3, 0.4) is 0 Å². The van der Waals surface area contributed by atoms with E-state index < -0.39 is 0 Å². The topological polar surface area (TPSA) is 23.8 Å². The molecule has 12 heavy (non-hydrogen) atoms. The van der Waals surface area contributed by atoms with Crippen LogP contribution in [0.25, 0.3) is 0 Å². The van der Waals surface area contributed by atoms with Crippen molar-refractivity contribution in [2.24, 2.45) is 11.3 Å². The minimum atomic E-state index is 0.111. The standard InChI is InChI=1S/C11H17N/c12-9-11(8-10-4-5-10)6-2-1-3-7-11/h10H,1-8H2. The van der Waals surface area contributed by atoms with Gasteiger partial charge in [-0.2, -0.15) is 5.26 Å². The predicted molar refractivity (Wildman–Crippen MR) is 48.5 cm³/mol. The predicted octanol–water partition coefficient (Wildman–Crippen LogP) is 3.26. The first-order valence-corrected chi connectivity index (χ1v) is 5.26. The first kappa shape index (κ1) is 8.10. The third-order valence-electron chi connectivity index (χ3n) is 3.42. The highest BCUT2D eigenvalue weighted by Crippen LogP contribution is 2.47. The fourth-order valence-corrected chi connectivity index (χ4v) is 2.46. The number of hydrogen-bond acceptors (Lipinski definition) is 1. The van der Waals surface area contributed by atoms with Gasteiger partial charge in [0.1, 0.15) is 0 Å². The number of nitrogens with zero attached hydrogens (tertiary/aromatic N) is 1. The molecule has 0 bridgehead atoms. The smallest absolute Gasteiger partial charge is 0.0689 e. The molecule has 1 heteroatoms. The fraction of sp³-hybridized carbons (Fsp3) is 0.909. The van der Waals surface area contributed by atoms with Crippen molar-refractivity contribution in [3.8, 4) is 6.07 Å². The van der Waals surface area contributed by atoms with Gasteiger partial charge >= 0.3 is 0 Å². The number of hydrogen-bond donors (Lipinski definition) is 0. The van der Waals surface area contributed by atoms with Gasteiger partial charge in [-0.1, -0.05) is 32.1 Å². The Morgan fingerprint density at radius 3 is 2.33 bits per heavy atom. The lowest BCUT2D eigenvalue weighted by molar-refractivity contribution is 0.237. The van der Waals surface area contributed by atoms with E-state index in [-0.39, 0.29) is 5.41 Å². The first-order valence-electron chi connectivity index (χ1n) is 5.26. The van der Waals surface area contributed by atoms with Crippen molar-refractivity contribution in [2.75, 3.05) is 0 Å². The highest BCUT2D eigenvalue weighted by atomic mass is 14.4. The van der Waals surface area contributed by atoms with Gasteiger partial charge in [-0.25, -0.2) is 0 Å². The van der Waals surface area contributed by atoms with Crippen LogP contribution in [0, 0.1) is 22.7 Å². The molecule has 2 fully saturated rings. The van der Waals surface area contributed by atoms with Crippen LogP contribution < -0.4 is 0 Å². The molecule has 0 aromatic heterocycles. The Morgan fingerprint density at radius 2 is 1.83 bits per heavy atom. The maximum atomic E-state index is 9.17. The monoisotopic (exact) mass is 163 g/mol. The van der Waals surface area contributed by atoms with Gasteiger partial charge in [-0.15, -0.1) is 0 Å². The molecule has 0 atom stereocenters. The van der Waals surface area contributed by atoms with E-state index in [4.69, 9.17) is 5.26 Å². The molecule has 0 aromatic rings. The van der Waals surface area contributed by atoms with Crippen LogP contribution in [0.2, 0.25) is 0 Å². The van der Waals surface area contributed by atoms with Crippen molar-refractivity contribution in [2.45, 2.75) is 51.4 Å². The Balaban J connectivity index is 1.96. The van der Waals surface area contributed by atoms with E-state index in [1.165, 1.54) is 51.4 Å². The molecule has 0 aromatic carbocycles. The third kappa shape index (κ3) is 1.63. The molecule has 0 spiro atoms. The molecule has 0 heterocycles. The van der Waals surface area contributed by atoms with Gasteiger partial charge in [-0.3, -0.25) is 0 Å². The van der Waals surface area contributed by atoms with Gasteiger partial charge in [0, 0.05) is 0 Å². The highest BCUT2D eigenvalue weighted by molar-refractivity contribution is 5.02. The van der Waals surface area contributed by atoms with Crippen LogP contribution in [0.5, 0.6) is 0 Å². The summed E-state index contributed by atoms with van der Waals surface area (Å²) in [5, 5.41) is 9.17. The van der Waals surface area contributed by atoms with Crippen molar-refractivity contribution in [1.82, 2.24) is 0 Å². The molecule has 0 amide bonds. The second-order valence-electron chi connectivity index (χ2n) is 4.60. The largest absolute Gasteiger partial charge is 0.198 e. The van der Waals surface area contributed by atoms with Gasteiger partial charge in [0.05, 0.1) is 11.5 Å². The zero-order valence-corrected chi connectivity index (χ0v) is 7.68. The second kappa shape index (κ2) is 3.09. The molecular weight excluding hydrogens is 146 g/mol. The van der Waals surface area contributed by atoms with E-state index in [0.717, 1.165) is 5.92 Å². The van der Waals surface area contributed by atoms with Crippen LogP contribution in [0.1, 0.15) is 51.4 Å². The van der Waals surface area contributed by atoms with Crippen LogP contribution in [0.4, 0.5) is 0 Å². The zero-order chi connectivity index (χ0) is 8.44. The average Bonchev–Trinajstić information content (AvgIpc) is 2.90. The molecule has 66 valence electrons. The van der Waals surface area contributed by atoms with Crippen molar-refractivity contribution in [3.05, 3.63) is 0 Å². The SMILES string of the molecule is N#CC1(CC2CC2)CCCCC1. The third-order valence-corrected chi connectivity index (χ3v) is 3.42. The minimum absolute atomic E-state index is 0.111. The van der Waals surface area contributed by atoms with Crippen LogP contribution in [0.15, 0.2) is 0 Å². The summed E-state index contributed by atoms with van der Waals surface area (Å²) in [5.41, 5.74) is 0.111. The molecule has 0 N–H and O–H groups in total. The molecular formula is C11H17N. The Morgan fingerprint density at radius 1 is 1.17 bits per heavy atom. The Labute approximate surface area is 74.8 Å². The fourth-order valence-electron chi connectivity index (χ4n) is 2.46. The lowest BCUT2D eigenvalue weighted by atomic mass is 9.72. The van der Waals surface area contributed by atoms with Gasteiger partial charge in [-0.05, 0) is 25.2 Å². The van der Waals surface area contributed by atoms with Crippen molar-refractivity contribution in [1.29, 1.82) is 5.26 Å². The Bertz CT molecular complexity index is 192. The van der Waals surface area contributed by atoms with E-state index in [0.29, 0.717) is 0 Å². The van der Waals surface area contributed by atoms with E-state index in [1.54, 1.807) is 0 Å². The summed E-state index contributed by atoms with van der Waals surface area (Å²) in [4.78, 5) is 0. The number of rotatable bonds is 2. The van der Waals surface area contributed by atoms with E-state index in [9.17, 15) is 0 Å². The summed E-state index contributed by atoms with van der Waals surface area (Å²) in [5.74, 6) is 0.919. The molecule has 2 saturated carbocycles.